The van der Waals surface area contributed by atoms with Crippen molar-refractivity contribution < 1.29 is 9.21 Å². The number of rotatable bonds is 3. The Hall–Kier alpha value is -1.68. The van der Waals surface area contributed by atoms with E-state index in [1.807, 2.05) is 6.92 Å². The van der Waals surface area contributed by atoms with E-state index < -0.39 is 0 Å². The van der Waals surface area contributed by atoms with Crippen LogP contribution < -0.4 is 5.73 Å². The first-order chi connectivity index (χ1) is 7.24. The molecule has 0 saturated heterocycles. The summed E-state index contributed by atoms with van der Waals surface area (Å²) in [6.07, 6.45) is 0.745. The molecule has 0 spiro atoms. The first-order valence-corrected chi connectivity index (χ1v) is 4.87. The Morgan fingerprint density at radius 1 is 1.53 bits per heavy atom. The molecule has 1 aromatic carbocycles. The van der Waals surface area contributed by atoms with Gasteiger partial charge in [-0.25, -0.2) is 4.98 Å². The maximum absolute atomic E-state index is 11.3. The summed E-state index contributed by atoms with van der Waals surface area (Å²) < 4.78 is 5.45. The van der Waals surface area contributed by atoms with Gasteiger partial charge in [-0.2, -0.15) is 0 Å². The molecule has 4 heteroatoms. The minimum absolute atomic E-state index is 0.0142. The summed E-state index contributed by atoms with van der Waals surface area (Å²) >= 11 is 0. The van der Waals surface area contributed by atoms with Crippen LogP contribution in [0, 0.1) is 0 Å². The minimum atomic E-state index is -0.0913. The fourth-order valence-corrected chi connectivity index (χ4v) is 1.41. The number of nitrogens with zero attached hydrogens (tertiary/aromatic N) is 1. The van der Waals surface area contributed by atoms with Crippen molar-refractivity contribution in [3.63, 3.8) is 0 Å². The van der Waals surface area contributed by atoms with Gasteiger partial charge in [0, 0.05) is 12.0 Å². The summed E-state index contributed by atoms with van der Waals surface area (Å²) in [6, 6.07) is 5.19. The number of carbonyl (C=O) groups excluding carboxylic acids is 1. The highest BCUT2D eigenvalue weighted by Crippen LogP contribution is 2.17. The maximum Gasteiger partial charge on any atom is 0.195 e. The Kier molecular flexibility index (Phi) is 2.51. The second kappa shape index (κ2) is 3.82. The van der Waals surface area contributed by atoms with Crippen molar-refractivity contribution in [2.75, 3.05) is 6.54 Å². The normalized spacial score (nSPS) is 10.8. The van der Waals surface area contributed by atoms with Gasteiger partial charge in [-0.15, -0.1) is 0 Å². The van der Waals surface area contributed by atoms with Gasteiger partial charge in [0.15, 0.2) is 17.3 Å². The lowest BCUT2D eigenvalue weighted by molar-refractivity contribution is 0.100. The number of fused-ring (bicyclic) bond motifs is 1. The van der Waals surface area contributed by atoms with E-state index in [1.165, 1.54) is 0 Å². The standard InChI is InChI=1S/C11H12N2O2/c1-2-11-13-8-4-3-7(9(14)6-12)5-10(8)15-11/h3-5H,2,6,12H2,1H3. The lowest BCUT2D eigenvalue weighted by atomic mass is 10.1. The number of nitrogens with two attached hydrogens (primary N) is 1. The predicted octanol–water partition coefficient (Wildman–Crippen LogP) is 1.53. The summed E-state index contributed by atoms with van der Waals surface area (Å²) in [6.45, 7) is 1.98. The number of Topliss-reactive ketones (excluding diaryl/α,β-unsaturated/α-hetero) is 1. The van der Waals surface area contributed by atoms with Gasteiger partial charge in [0.05, 0.1) is 6.54 Å². The Bertz CT molecular complexity index is 502. The van der Waals surface area contributed by atoms with E-state index in [0.717, 1.165) is 11.9 Å². The SMILES string of the molecule is CCc1nc2ccc(C(=O)CN)cc2o1. The molecule has 2 aromatic rings. The summed E-state index contributed by atoms with van der Waals surface area (Å²) in [5.41, 5.74) is 7.28. The summed E-state index contributed by atoms with van der Waals surface area (Å²) in [5.74, 6) is 0.591. The molecule has 0 aliphatic heterocycles. The number of benzene rings is 1. The molecule has 1 heterocycles. The van der Waals surface area contributed by atoms with Crippen LogP contribution in [0.2, 0.25) is 0 Å². The summed E-state index contributed by atoms with van der Waals surface area (Å²) in [7, 11) is 0. The highest BCUT2D eigenvalue weighted by atomic mass is 16.3. The Morgan fingerprint density at radius 2 is 2.33 bits per heavy atom. The lowest BCUT2D eigenvalue weighted by Crippen LogP contribution is -2.13. The van der Waals surface area contributed by atoms with Gasteiger partial charge in [0.1, 0.15) is 5.52 Å². The van der Waals surface area contributed by atoms with Gasteiger partial charge >= 0.3 is 0 Å². The smallest absolute Gasteiger partial charge is 0.195 e. The fraction of sp³-hybridized carbons (Fsp3) is 0.273. The Morgan fingerprint density at radius 3 is 3.00 bits per heavy atom. The molecule has 0 radical (unpaired) electrons. The van der Waals surface area contributed by atoms with Crippen LogP contribution in [0.15, 0.2) is 22.6 Å². The third-order valence-electron chi connectivity index (χ3n) is 2.24. The van der Waals surface area contributed by atoms with Crippen LogP contribution in [0.5, 0.6) is 0 Å². The zero-order valence-corrected chi connectivity index (χ0v) is 8.49. The first-order valence-electron chi connectivity index (χ1n) is 4.87. The number of hydrogen-bond acceptors (Lipinski definition) is 4. The van der Waals surface area contributed by atoms with Crippen LogP contribution in [0.4, 0.5) is 0 Å². The average molecular weight is 204 g/mol. The fourth-order valence-electron chi connectivity index (χ4n) is 1.41. The van der Waals surface area contributed by atoms with E-state index in [-0.39, 0.29) is 12.3 Å². The molecule has 78 valence electrons. The van der Waals surface area contributed by atoms with Crippen molar-refractivity contribution in [2.24, 2.45) is 5.73 Å². The van der Waals surface area contributed by atoms with Gasteiger partial charge in [0.2, 0.25) is 0 Å². The van der Waals surface area contributed by atoms with E-state index in [2.05, 4.69) is 4.98 Å². The van der Waals surface area contributed by atoms with Gasteiger partial charge in [-0.05, 0) is 18.2 Å². The van der Waals surface area contributed by atoms with Gasteiger partial charge in [-0.3, -0.25) is 4.79 Å². The van der Waals surface area contributed by atoms with E-state index in [0.29, 0.717) is 17.0 Å². The third kappa shape index (κ3) is 1.76. The third-order valence-corrected chi connectivity index (χ3v) is 2.24. The van der Waals surface area contributed by atoms with Crippen molar-refractivity contribution in [1.29, 1.82) is 0 Å². The molecule has 2 rings (SSSR count). The molecule has 0 atom stereocenters. The van der Waals surface area contributed by atoms with Crippen molar-refractivity contribution in [1.82, 2.24) is 4.98 Å². The van der Waals surface area contributed by atoms with E-state index in [9.17, 15) is 4.79 Å². The number of oxazole rings is 1. The zero-order valence-electron chi connectivity index (χ0n) is 8.49. The van der Waals surface area contributed by atoms with Crippen LogP contribution in [0.1, 0.15) is 23.2 Å². The van der Waals surface area contributed by atoms with Crippen molar-refractivity contribution >= 4 is 16.9 Å². The molecule has 0 aliphatic rings. The van der Waals surface area contributed by atoms with Crippen molar-refractivity contribution in [3.8, 4) is 0 Å². The maximum atomic E-state index is 11.3. The lowest BCUT2D eigenvalue weighted by Gasteiger charge is -1.95. The summed E-state index contributed by atoms with van der Waals surface area (Å²) in [5, 5.41) is 0. The Labute approximate surface area is 87.1 Å². The quantitative estimate of drug-likeness (QED) is 0.770. The van der Waals surface area contributed by atoms with Crippen LogP contribution in [-0.2, 0) is 6.42 Å². The van der Waals surface area contributed by atoms with Crippen molar-refractivity contribution in [2.45, 2.75) is 13.3 Å². The molecular formula is C11H12N2O2. The monoisotopic (exact) mass is 204 g/mol. The predicted molar refractivity (Wildman–Crippen MR) is 56.8 cm³/mol. The number of aromatic nitrogens is 1. The van der Waals surface area contributed by atoms with Crippen LogP contribution in [0.25, 0.3) is 11.1 Å². The summed E-state index contributed by atoms with van der Waals surface area (Å²) in [4.78, 5) is 15.6. The molecule has 0 aliphatic carbocycles. The molecule has 15 heavy (non-hydrogen) atoms. The largest absolute Gasteiger partial charge is 0.441 e. The number of carbonyl (C=O) groups is 1. The number of aryl methyl sites for hydroxylation is 1. The van der Waals surface area contributed by atoms with E-state index >= 15 is 0 Å². The molecule has 2 N–H and O–H groups in total. The Balaban J connectivity index is 2.50. The zero-order chi connectivity index (χ0) is 10.8. The van der Waals surface area contributed by atoms with Crippen LogP contribution >= 0.6 is 0 Å². The highest BCUT2D eigenvalue weighted by Gasteiger charge is 2.08. The van der Waals surface area contributed by atoms with Gasteiger partial charge in [0.25, 0.3) is 0 Å². The molecule has 0 saturated carbocycles. The number of ketones is 1. The van der Waals surface area contributed by atoms with Crippen LogP contribution in [-0.4, -0.2) is 17.3 Å². The molecule has 0 unspecified atom stereocenters. The van der Waals surface area contributed by atoms with E-state index in [4.69, 9.17) is 10.2 Å². The van der Waals surface area contributed by atoms with Crippen LogP contribution in [0.3, 0.4) is 0 Å². The minimum Gasteiger partial charge on any atom is -0.441 e. The molecule has 1 aromatic heterocycles. The van der Waals surface area contributed by atoms with Crippen molar-refractivity contribution in [3.05, 3.63) is 29.7 Å². The molecular weight excluding hydrogens is 192 g/mol. The highest BCUT2D eigenvalue weighted by molar-refractivity contribution is 5.99. The molecule has 4 nitrogen and oxygen atoms in total. The average Bonchev–Trinajstić information content (AvgIpc) is 2.69. The van der Waals surface area contributed by atoms with Gasteiger partial charge < -0.3 is 10.2 Å². The first kappa shape index (κ1) is 9.86. The van der Waals surface area contributed by atoms with E-state index in [1.54, 1.807) is 18.2 Å². The topological polar surface area (TPSA) is 69.1 Å². The second-order valence-electron chi connectivity index (χ2n) is 3.27. The molecule has 0 bridgehead atoms. The second-order valence-corrected chi connectivity index (χ2v) is 3.27. The number of hydrogen-bond donors (Lipinski definition) is 1. The molecule has 0 fully saturated rings. The molecule has 0 amide bonds. The van der Waals surface area contributed by atoms with Gasteiger partial charge in [-0.1, -0.05) is 6.92 Å².